The summed E-state index contributed by atoms with van der Waals surface area (Å²) in [5, 5.41) is 8.46. The number of nitrogens with one attached hydrogen (secondary N) is 2. The van der Waals surface area contributed by atoms with Crippen LogP contribution in [-0.2, 0) is 32.1 Å². The molecule has 0 bridgehead atoms. The molecule has 0 aliphatic rings. The summed E-state index contributed by atoms with van der Waals surface area (Å²) in [4.78, 5) is 38.0. The number of benzene rings is 2. The molecule has 180 valence electrons. The van der Waals surface area contributed by atoms with Gasteiger partial charge >= 0.3 is 12.1 Å². The topological polar surface area (TPSA) is 93.7 Å². The van der Waals surface area contributed by atoms with Gasteiger partial charge in [-0.15, -0.1) is 11.3 Å². The Morgan fingerprint density at radius 1 is 0.971 bits per heavy atom. The molecule has 2 atom stereocenters. The molecule has 1 aromatic heterocycles. The van der Waals surface area contributed by atoms with E-state index in [2.05, 4.69) is 10.6 Å². The number of amides is 2. The van der Waals surface area contributed by atoms with Crippen molar-refractivity contribution in [1.29, 1.82) is 0 Å². The number of thiophene rings is 1. The second-order valence-electron chi connectivity index (χ2n) is 7.95. The Morgan fingerprint density at radius 3 is 2.44 bits per heavy atom. The molecule has 0 saturated heterocycles. The summed E-state index contributed by atoms with van der Waals surface area (Å²) in [7, 11) is 1.29. The third-order valence-electron chi connectivity index (χ3n) is 5.46. The fraction of sp³-hybridized carbons (Fsp3) is 0.346. The van der Waals surface area contributed by atoms with Gasteiger partial charge in [-0.25, -0.2) is 9.59 Å². The Hall–Kier alpha value is -3.39. The molecular weight excluding hydrogens is 452 g/mol. The van der Waals surface area contributed by atoms with Crippen molar-refractivity contribution in [2.75, 3.05) is 7.11 Å². The van der Waals surface area contributed by atoms with Gasteiger partial charge in [0.1, 0.15) is 18.7 Å². The highest BCUT2D eigenvalue weighted by molar-refractivity contribution is 7.17. The summed E-state index contributed by atoms with van der Waals surface area (Å²) < 4.78 is 11.3. The number of methoxy groups -OCH3 is 1. The van der Waals surface area contributed by atoms with Crippen molar-refractivity contribution in [3.05, 3.63) is 71.1 Å². The van der Waals surface area contributed by atoms with Crippen LogP contribution in [0.2, 0.25) is 0 Å². The lowest BCUT2D eigenvalue weighted by molar-refractivity contribution is -0.145. The van der Waals surface area contributed by atoms with Gasteiger partial charge in [0, 0.05) is 11.1 Å². The second-order valence-corrected chi connectivity index (χ2v) is 8.86. The molecule has 2 amide bonds. The van der Waals surface area contributed by atoms with Crippen LogP contribution in [0, 0.1) is 0 Å². The van der Waals surface area contributed by atoms with E-state index in [0.29, 0.717) is 6.42 Å². The zero-order chi connectivity index (χ0) is 24.3. The van der Waals surface area contributed by atoms with Crippen molar-refractivity contribution in [2.24, 2.45) is 0 Å². The molecule has 3 aromatic rings. The zero-order valence-electron chi connectivity index (χ0n) is 19.4. The van der Waals surface area contributed by atoms with E-state index in [-0.39, 0.29) is 13.0 Å². The summed E-state index contributed by atoms with van der Waals surface area (Å²) in [5.41, 5.74) is 1.78. The minimum Gasteiger partial charge on any atom is -0.467 e. The Labute approximate surface area is 203 Å². The molecule has 8 heteroatoms. The molecule has 0 unspecified atom stereocenters. The predicted molar refractivity (Wildman–Crippen MR) is 133 cm³/mol. The molecule has 0 aliphatic carbocycles. The molecule has 34 heavy (non-hydrogen) atoms. The Morgan fingerprint density at radius 2 is 1.71 bits per heavy atom. The molecule has 2 aromatic carbocycles. The average molecular weight is 483 g/mol. The van der Waals surface area contributed by atoms with Gasteiger partial charge in [-0.05, 0) is 34.4 Å². The summed E-state index contributed by atoms with van der Waals surface area (Å²) in [6.07, 6.45) is 1.65. The lowest BCUT2D eigenvalue weighted by Gasteiger charge is -2.22. The molecule has 0 aliphatic heterocycles. The quantitative estimate of drug-likeness (QED) is 0.390. The number of hydrogen-bond donors (Lipinski definition) is 2. The van der Waals surface area contributed by atoms with Crippen molar-refractivity contribution < 1.29 is 23.9 Å². The maximum atomic E-state index is 13.2. The monoisotopic (exact) mass is 482 g/mol. The largest absolute Gasteiger partial charge is 0.467 e. The smallest absolute Gasteiger partial charge is 0.408 e. The first kappa shape index (κ1) is 25.2. The minimum atomic E-state index is -0.921. The van der Waals surface area contributed by atoms with Gasteiger partial charge in [0.2, 0.25) is 5.91 Å². The fourth-order valence-electron chi connectivity index (χ4n) is 3.60. The highest BCUT2D eigenvalue weighted by Gasteiger charge is 2.28. The van der Waals surface area contributed by atoms with E-state index in [1.165, 1.54) is 7.11 Å². The zero-order valence-corrected chi connectivity index (χ0v) is 20.2. The van der Waals surface area contributed by atoms with E-state index in [0.717, 1.165) is 34.1 Å². The van der Waals surface area contributed by atoms with Crippen LogP contribution in [0.3, 0.4) is 0 Å². The second kappa shape index (κ2) is 12.7. The van der Waals surface area contributed by atoms with Crippen LogP contribution in [0.4, 0.5) is 4.79 Å². The van der Waals surface area contributed by atoms with E-state index in [9.17, 15) is 14.4 Å². The predicted octanol–water partition coefficient (Wildman–Crippen LogP) is 4.59. The number of carbonyl (C=O) groups is 3. The van der Waals surface area contributed by atoms with Crippen LogP contribution in [0.15, 0.2) is 60.0 Å². The van der Waals surface area contributed by atoms with E-state index >= 15 is 0 Å². The number of hydrogen-bond acceptors (Lipinski definition) is 6. The van der Waals surface area contributed by atoms with Crippen molar-refractivity contribution in [1.82, 2.24) is 10.6 Å². The van der Waals surface area contributed by atoms with Gasteiger partial charge in [-0.1, -0.05) is 68.3 Å². The number of carbonyl (C=O) groups excluding carboxylic acids is 3. The highest BCUT2D eigenvalue weighted by Crippen LogP contribution is 2.26. The summed E-state index contributed by atoms with van der Waals surface area (Å²) in [6.45, 7) is 2.09. The number of alkyl carbamates (subject to hydrolysis) is 1. The number of unbranched alkanes of at least 4 members (excludes halogenated alkanes) is 1. The van der Waals surface area contributed by atoms with Gasteiger partial charge in [-0.3, -0.25) is 4.79 Å². The standard InChI is InChI=1S/C26H30N2O5S/c1-3-4-13-21(25(30)32-2)27-24(29)22(15-19-17-34-23-14-9-8-12-20(19)23)28-26(31)33-16-18-10-6-5-7-11-18/h5-12,14,17,21-22H,3-4,13,15-16H2,1-2H3,(H,27,29)(H,28,31)/t21-,22-/m0/s1. The summed E-state index contributed by atoms with van der Waals surface area (Å²) in [6, 6.07) is 15.5. The first-order chi connectivity index (χ1) is 16.5. The van der Waals surface area contributed by atoms with E-state index in [1.807, 2.05) is 66.9 Å². The molecule has 1 heterocycles. The van der Waals surface area contributed by atoms with Crippen molar-refractivity contribution >= 4 is 39.4 Å². The summed E-state index contributed by atoms with van der Waals surface area (Å²) in [5.74, 6) is -0.966. The molecular formula is C26H30N2O5S. The lowest BCUT2D eigenvalue weighted by Crippen LogP contribution is -2.52. The van der Waals surface area contributed by atoms with Crippen molar-refractivity contribution in [2.45, 2.75) is 51.3 Å². The SMILES string of the molecule is CCCC[C@H](NC(=O)[C@H](Cc1csc2ccccc12)NC(=O)OCc1ccccc1)C(=O)OC. The van der Waals surface area contributed by atoms with E-state index in [1.54, 1.807) is 11.3 Å². The Balaban J connectivity index is 1.75. The maximum absolute atomic E-state index is 13.2. The minimum absolute atomic E-state index is 0.0870. The number of esters is 1. The average Bonchev–Trinajstić information content (AvgIpc) is 3.27. The van der Waals surface area contributed by atoms with E-state index in [4.69, 9.17) is 9.47 Å². The van der Waals surface area contributed by atoms with Crippen LogP contribution in [0.5, 0.6) is 0 Å². The van der Waals surface area contributed by atoms with Crippen molar-refractivity contribution in [3.63, 3.8) is 0 Å². The molecule has 3 rings (SSSR count). The molecule has 0 spiro atoms. The van der Waals surface area contributed by atoms with Crippen molar-refractivity contribution in [3.8, 4) is 0 Å². The van der Waals surface area contributed by atoms with Crippen LogP contribution in [0.25, 0.3) is 10.1 Å². The van der Waals surface area contributed by atoms with Gasteiger partial charge < -0.3 is 20.1 Å². The van der Waals surface area contributed by atoms with Gasteiger partial charge in [-0.2, -0.15) is 0 Å². The highest BCUT2D eigenvalue weighted by atomic mass is 32.1. The number of rotatable bonds is 11. The van der Waals surface area contributed by atoms with E-state index < -0.39 is 30.1 Å². The number of ether oxygens (including phenoxy) is 2. The molecule has 7 nitrogen and oxygen atoms in total. The summed E-state index contributed by atoms with van der Waals surface area (Å²) >= 11 is 1.58. The van der Waals surface area contributed by atoms with Crippen LogP contribution >= 0.6 is 11.3 Å². The molecule has 2 N–H and O–H groups in total. The molecule has 0 radical (unpaired) electrons. The maximum Gasteiger partial charge on any atom is 0.408 e. The third kappa shape index (κ3) is 7.05. The fourth-order valence-corrected chi connectivity index (χ4v) is 4.57. The van der Waals surface area contributed by atoms with Gasteiger partial charge in [0.15, 0.2) is 0 Å². The first-order valence-corrected chi connectivity index (χ1v) is 12.2. The Kier molecular flexibility index (Phi) is 9.46. The van der Waals surface area contributed by atoms with Gasteiger partial charge in [0.05, 0.1) is 7.11 Å². The normalized spacial score (nSPS) is 12.5. The molecule has 0 fully saturated rings. The number of fused-ring (bicyclic) bond motifs is 1. The Bertz CT molecular complexity index is 1100. The lowest BCUT2D eigenvalue weighted by atomic mass is 10.0. The van der Waals surface area contributed by atoms with Crippen LogP contribution < -0.4 is 10.6 Å². The van der Waals surface area contributed by atoms with Crippen LogP contribution in [-0.4, -0.2) is 37.2 Å². The molecule has 0 saturated carbocycles. The van der Waals surface area contributed by atoms with Gasteiger partial charge in [0.25, 0.3) is 0 Å². The third-order valence-corrected chi connectivity index (χ3v) is 6.47. The van der Waals surface area contributed by atoms with Crippen LogP contribution in [0.1, 0.15) is 37.3 Å². The first-order valence-electron chi connectivity index (χ1n) is 11.3.